The van der Waals surface area contributed by atoms with Crippen LogP contribution >= 0.6 is 0 Å². The van der Waals surface area contributed by atoms with Crippen molar-refractivity contribution in [3.63, 3.8) is 0 Å². The molecule has 0 unspecified atom stereocenters. The van der Waals surface area contributed by atoms with E-state index in [9.17, 15) is 9.59 Å². The first kappa shape index (κ1) is 12.8. The van der Waals surface area contributed by atoms with Gasteiger partial charge in [-0.1, -0.05) is 30.3 Å². The van der Waals surface area contributed by atoms with E-state index in [1.807, 2.05) is 36.4 Å². The highest BCUT2D eigenvalue weighted by molar-refractivity contribution is 6.52. The average Bonchev–Trinajstić information content (AvgIpc) is 3.07. The number of para-hydroxylation sites is 2. The van der Waals surface area contributed by atoms with E-state index >= 15 is 0 Å². The summed E-state index contributed by atoms with van der Waals surface area (Å²) in [5.74, 6) is -0.873. The van der Waals surface area contributed by atoms with Gasteiger partial charge in [0.25, 0.3) is 11.7 Å². The van der Waals surface area contributed by atoms with Crippen LogP contribution in [0.2, 0.25) is 0 Å². The Morgan fingerprint density at radius 3 is 2.64 bits per heavy atom. The van der Waals surface area contributed by atoms with Crippen LogP contribution in [0.3, 0.4) is 0 Å². The molecular formula is C18H13NO3. The summed E-state index contributed by atoms with van der Waals surface area (Å²) in [7, 11) is 0. The van der Waals surface area contributed by atoms with Crippen LogP contribution in [0.25, 0.3) is 11.0 Å². The highest BCUT2D eigenvalue weighted by atomic mass is 16.3. The van der Waals surface area contributed by atoms with E-state index in [0.717, 1.165) is 16.5 Å². The van der Waals surface area contributed by atoms with Crippen LogP contribution in [0.1, 0.15) is 15.9 Å². The second kappa shape index (κ2) is 4.84. The van der Waals surface area contributed by atoms with Crippen LogP contribution in [0.5, 0.6) is 0 Å². The molecule has 4 heteroatoms. The zero-order valence-corrected chi connectivity index (χ0v) is 11.8. The minimum absolute atomic E-state index is 0.423. The molecule has 3 aromatic rings. The Morgan fingerprint density at radius 2 is 1.73 bits per heavy atom. The maximum atomic E-state index is 12.1. The molecule has 0 fully saturated rings. The number of anilines is 1. The molecule has 0 aliphatic carbocycles. The fourth-order valence-corrected chi connectivity index (χ4v) is 2.93. The summed E-state index contributed by atoms with van der Waals surface area (Å²) in [5, 5.41) is 1.05. The molecule has 1 aliphatic heterocycles. The van der Waals surface area contributed by atoms with Gasteiger partial charge in [0.1, 0.15) is 5.58 Å². The molecule has 0 radical (unpaired) electrons. The van der Waals surface area contributed by atoms with Crippen LogP contribution in [0.4, 0.5) is 5.69 Å². The molecule has 0 saturated heterocycles. The molecule has 0 N–H and O–H groups in total. The van der Waals surface area contributed by atoms with Gasteiger partial charge >= 0.3 is 0 Å². The lowest BCUT2D eigenvalue weighted by Crippen LogP contribution is -2.31. The van der Waals surface area contributed by atoms with Gasteiger partial charge in [-0.15, -0.1) is 0 Å². The topological polar surface area (TPSA) is 50.5 Å². The number of nitrogens with zero attached hydrogens (tertiary/aromatic N) is 1. The summed E-state index contributed by atoms with van der Waals surface area (Å²) in [5.41, 5.74) is 3.07. The molecule has 22 heavy (non-hydrogen) atoms. The number of hydrogen-bond acceptors (Lipinski definition) is 3. The largest absolute Gasteiger partial charge is 0.464 e. The van der Waals surface area contributed by atoms with Gasteiger partial charge in [-0.2, -0.15) is 0 Å². The number of furan rings is 1. The Hall–Kier alpha value is -2.88. The molecule has 0 spiro atoms. The lowest BCUT2D eigenvalue weighted by Gasteiger charge is -2.15. The predicted octanol–water partition coefficient (Wildman–Crippen LogP) is 3.20. The quantitative estimate of drug-likeness (QED) is 0.696. The Labute approximate surface area is 127 Å². The van der Waals surface area contributed by atoms with Gasteiger partial charge < -0.3 is 9.32 Å². The van der Waals surface area contributed by atoms with Crippen molar-refractivity contribution in [3.05, 3.63) is 65.9 Å². The SMILES string of the molecule is O=C1C(=O)N(CCc2coc3ccccc23)c2ccccc21. The monoisotopic (exact) mass is 291 g/mol. The first-order chi connectivity index (χ1) is 10.8. The number of hydrogen-bond donors (Lipinski definition) is 0. The highest BCUT2D eigenvalue weighted by Crippen LogP contribution is 2.29. The lowest BCUT2D eigenvalue weighted by atomic mass is 10.1. The average molecular weight is 291 g/mol. The fraction of sp³-hybridized carbons (Fsp3) is 0.111. The molecular weight excluding hydrogens is 278 g/mol. The summed E-state index contributed by atoms with van der Waals surface area (Å²) in [6.07, 6.45) is 2.36. The summed E-state index contributed by atoms with van der Waals surface area (Å²) in [6, 6.07) is 14.9. The number of amides is 1. The van der Waals surface area contributed by atoms with Gasteiger partial charge in [0.05, 0.1) is 17.5 Å². The molecule has 0 saturated carbocycles. The zero-order chi connectivity index (χ0) is 15.1. The molecule has 108 valence electrons. The van der Waals surface area contributed by atoms with Crippen molar-refractivity contribution in [2.24, 2.45) is 0 Å². The minimum Gasteiger partial charge on any atom is -0.464 e. The number of fused-ring (bicyclic) bond motifs is 2. The number of carbonyl (C=O) groups is 2. The van der Waals surface area contributed by atoms with Gasteiger partial charge in [0, 0.05) is 11.9 Å². The van der Waals surface area contributed by atoms with Crippen molar-refractivity contribution in [3.8, 4) is 0 Å². The van der Waals surface area contributed by atoms with Crippen LogP contribution in [-0.2, 0) is 11.2 Å². The van der Waals surface area contributed by atoms with Gasteiger partial charge in [0.2, 0.25) is 0 Å². The summed E-state index contributed by atoms with van der Waals surface area (Å²) in [6.45, 7) is 0.463. The maximum Gasteiger partial charge on any atom is 0.299 e. The van der Waals surface area contributed by atoms with Crippen molar-refractivity contribution < 1.29 is 14.0 Å². The van der Waals surface area contributed by atoms with Crippen molar-refractivity contribution in [1.82, 2.24) is 0 Å². The lowest BCUT2D eigenvalue weighted by molar-refractivity contribution is -0.114. The number of benzene rings is 2. The molecule has 2 aromatic carbocycles. The maximum absolute atomic E-state index is 12.1. The fourth-order valence-electron chi connectivity index (χ4n) is 2.93. The Morgan fingerprint density at radius 1 is 0.955 bits per heavy atom. The summed E-state index contributed by atoms with van der Waals surface area (Å²) < 4.78 is 5.51. The standard InChI is InChI=1S/C18H13NO3/c20-17-14-6-1-3-7-15(14)19(18(17)21)10-9-12-11-22-16-8-4-2-5-13(12)16/h1-8,11H,9-10H2. The molecule has 1 aliphatic rings. The first-order valence-corrected chi connectivity index (χ1v) is 7.16. The van der Waals surface area contributed by atoms with E-state index in [-0.39, 0.29) is 0 Å². The van der Waals surface area contributed by atoms with Gasteiger partial charge in [0.15, 0.2) is 0 Å². The van der Waals surface area contributed by atoms with Gasteiger partial charge in [-0.25, -0.2) is 0 Å². The van der Waals surface area contributed by atoms with E-state index in [0.29, 0.717) is 24.2 Å². The molecule has 0 atom stereocenters. The molecule has 0 bridgehead atoms. The van der Waals surface area contributed by atoms with E-state index in [1.54, 1.807) is 23.3 Å². The van der Waals surface area contributed by atoms with E-state index in [4.69, 9.17) is 4.42 Å². The van der Waals surface area contributed by atoms with Crippen molar-refractivity contribution in [1.29, 1.82) is 0 Å². The van der Waals surface area contributed by atoms with Crippen molar-refractivity contribution in [2.75, 3.05) is 11.4 Å². The number of ketones is 1. The predicted molar refractivity (Wildman–Crippen MR) is 83.0 cm³/mol. The first-order valence-electron chi connectivity index (χ1n) is 7.16. The van der Waals surface area contributed by atoms with E-state index in [1.165, 1.54) is 0 Å². The molecule has 1 aromatic heterocycles. The second-order valence-electron chi connectivity index (χ2n) is 5.31. The van der Waals surface area contributed by atoms with Crippen LogP contribution in [0.15, 0.2) is 59.2 Å². The second-order valence-corrected chi connectivity index (χ2v) is 5.31. The smallest absolute Gasteiger partial charge is 0.299 e. The van der Waals surface area contributed by atoms with Crippen LogP contribution < -0.4 is 4.90 Å². The minimum atomic E-state index is -0.450. The summed E-state index contributed by atoms with van der Waals surface area (Å²) in [4.78, 5) is 25.7. The van der Waals surface area contributed by atoms with Crippen LogP contribution in [0, 0.1) is 0 Å². The summed E-state index contributed by atoms with van der Waals surface area (Å²) >= 11 is 0. The third kappa shape index (κ3) is 1.84. The van der Waals surface area contributed by atoms with Crippen molar-refractivity contribution >= 4 is 28.3 Å². The third-order valence-electron chi connectivity index (χ3n) is 4.04. The Bertz CT molecular complexity index is 894. The van der Waals surface area contributed by atoms with E-state index in [2.05, 4.69) is 0 Å². The Kier molecular flexibility index (Phi) is 2.82. The molecule has 1 amide bonds. The normalized spacial score (nSPS) is 13.9. The number of Topliss-reactive ketones (excluding diaryl/α,β-unsaturated/α-hetero) is 1. The third-order valence-corrected chi connectivity index (χ3v) is 4.04. The molecule has 4 nitrogen and oxygen atoms in total. The Balaban J connectivity index is 1.62. The van der Waals surface area contributed by atoms with E-state index < -0.39 is 11.7 Å². The van der Waals surface area contributed by atoms with Crippen LogP contribution in [-0.4, -0.2) is 18.2 Å². The number of rotatable bonds is 3. The zero-order valence-electron chi connectivity index (χ0n) is 11.8. The molecule has 4 rings (SSSR count). The molecule has 2 heterocycles. The number of carbonyl (C=O) groups excluding carboxylic acids is 2. The van der Waals surface area contributed by atoms with Gasteiger partial charge in [-0.05, 0) is 30.2 Å². The van der Waals surface area contributed by atoms with Gasteiger partial charge in [-0.3, -0.25) is 9.59 Å². The highest BCUT2D eigenvalue weighted by Gasteiger charge is 2.35. The van der Waals surface area contributed by atoms with Crippen molar-refractivity contribution in [2.45, 2.75) is 6.42 Å².